The molecule has 0 radical (unpaired) electrons. The van der Waals surface area contributed by atoms with E-state index in [1.165, 1.54) is 4.68 Å². The number of halogens is 5. The van der Waals surface area contributed by atoms with Gasteiger partial charge in [0.25, 0.3) is 0 Å². The molecule has 0 saturated carbocycles. The lowest BCUT2D eigenvalue weighted by Gasteiger charge is -2.06. The minimum Gasteiger partial charge on any atom is -0.257 e. The van der Waals surface area contributed by atoms with Crippen LogP contribution in [0.5, 0.6) is 0 Å². The molecule has 0 fully saturated rings. The van der Waals surface area contributed by atoms with Crippen molar-refractivity contribution in [3.05, 3.63) is 15.3 Å². The Morgan fingerprint density at radius 1 is 1.38 bits per heavy atom. The van der Waals surface area contributed by atoms with Crippen LogP contribution >= 0.6 is 31.9 Å². The molecule has 1 aromatic rings. The van der Waals surface area contributed by atoms with Gasteiger partial charge in [-0.15, -0.1) is 0 Å². The minimum atomic E-state index is -4.14. The van der Waals surface area contributed by atoms with Crippen LogP contribution in [0.25, 0.3) is 0 Å². The standard InChI is InChI=1S/C6H5Br2F3N2/c7-4-3-5(8)13(12-4)2-1-6(9,10)11/h3H,1-2H2. The average Bonchev–Trinajstić information content (AvgIpc) is 2.24. The number of rotatable bonds is 2. The van der Waals surface area contributed by atoms with Crippen LogP contribution in [0.3, 0.4) is 0 Å². The lowest BCUT2D eigenvalue weighted by Crippen LogP contribution is -2.13. The van der Waals surface area contributed by atoms with Gasteiger partial charge in [-0.1, -0.05) is 0 Å². The van der Waals surface area contributed by atoms with E-state index in [4.69, 9.17) is 0 Å². The Hall–Kier alpha value is -0.0400. The van der Waals surface area contributed by atoms with Gasteiger partial charge in [0.2, 0.25) is 0 Å². The topological polar surface area (TPSA) is 17.8 Å². The molecule has 0 amide bonds. The van der Waals surface area contributed by atoms with Crippen molar-refractivity contribution >= 4 is 31.9 Å². The molecule has 0 unspecified atom stereocenters. The first-order chi connectivity index (χ1) is 5.88. The van der Waals surface area contributed by atoms with Crippen LogP contribution in [-0.2, 0) is 6.54 Å². The average molecular weight is 322 g/mol. The Kier molecular flexibility index (Phi) is 3.39. The molecule has 2 nitrogen and oxygen atoms in total. The molecule has 74 valence electrons. The van der Waals surface area contributed by atoms with E-state index in [2.05, 4.69) is 37.0 Å². The summed E-state index contributed by atoms with van der Waals surface area (Å²) in [7, 11) is 0. The fourth-order valence-electron chi connectivity index (χ4n) is 0.754. The minimum absolute atomic E-state index is 0.171. The lowest BCUT2D eigenvalue weighted by molar-refractivity contribution is -0.137. The summed E-state index contributed by atoms with van der Waals surface area (Å²) in [5, 5.41) is 3.80. The molecule has 0 atom stereocenters. The van der Waals surface area contributed by atoms with Crippen LogP contribution in [0.2, 0.25) is 0 Å². The molecular weight excluding hydrogens is 317 g/mol. The monoisotopic (exact) mass is 320 g/mol. The van der Waals surface area contributed by atoms with E-state index in [-0.39, 0.29) is 6.54 Å². The molecule has 13 heavy (non-hydrogen) atoms. The molecule has 1 aromatic heterocycles. The quantitative estimate of drug-likeness (QED) is 0.816. The maximum Gasteiger partial charge on any atom is 0.390 e. The van der Waals surface area contributed by atoms with Crippen molar-refractivity contribution in [3.8, 4) is 0 Å². The van der Waals surface area contributed by atoms with Gasteiger partial charge in [-0.05, 0) is 31.9 Å². The molecule has 0 spiro atoms. The molecule has 0 aliphatic rings. The van der Waals surface area contributed by atoms with Gasteiger partial charge in [0.15, 0.2) is 0 Å². The third-order valence-electron chi connectivity index (χ3n) is 1.31. The van der Waals surface area contributed by atoms with E-state index in [0.717, 1.165) is 0 Å². The maximum atomic E-state index is 11.8. The van der Waals surface area contributed by atoms with E-state index in [1.807, 2.05) is 0 Å². The number of nitrogens with zero attached hydrogens (tertiary/aromatic N) is 2. The summed E-state index contributed by atoms with van der Waals surface area (Å²) in [6.07, 6.45) is -5.02. The summed E-state index contributed by atoms with van der Waals surface area (Å²) >= 11 is 6.15. The molecule has 0 aliphatic carbocycles. The summed E-state index contributed by atoms with van der Waals surface area (Å²) in [5.41, 5.74) is 0. The maximum absolute atomic E-state index is 11.8. The fraction of sp³-hybridized carbons (Fsp3) is 0.500. The van der Waals surface area contributed by atoms with Crippen LogP contribution in [0, 0.1) is 0 Å². The Bertz CT molecular complexity index is 295. The Labute approximate surface area is 89.4 Å². The van der Waals surface area contributed by atoms with Crippen molar-refractivity contribution in [2.75, 3.05) is 0 Å². The zero-order chi connectivity index (χ0) is 10.1. The molecule has 0 bridgehead atoms. The van der Waals surface area contributed by atoms with Gasteiger partial charge in [0.1, 0.15) is 9.21 Å². The van der Waals surface area contributed by atoms with Gasteiger partial charge in [-0.3, -0.25) is 4.68 Å². The van der Waals surface area contributed by atoms with E-state index in [9.17, 15) is 13.2 Å². The van der Waals surface area contributed by atoms with Crippen LogP contribution in [-0.4, -0.2) is 16.0 Å². The van der Waals surface area contributed by atoms with Crippen molar-refractivity contribution in [1.82, 2.24) is 9.78 Å². The van der Waals surface area contributed by atoms with Crippen molar-refractivity contribution in [2.24, 2.45) is 0 Å². The molecule has 0 N–H and O–H groups in total. The third kappa shape index (κ3) is 3.68. The summed E-state index contributed by atoms with van der Waals surface area (Å²) in [6.45, 7) is -0.171. The normalized spacial score (nSPS) is 12.1. The second-order valence-electron chi connectivity index (χ2n) is 2.38. The second-order valence-corrected chi connectivity index (χ2v) is 4.00. The highest BCUT2D eigenvalue weighted by molar-refractivity contribution is 9.11. The van der Waals surface area contributed by atoms with E-state index < -0.39 is 12.6 Å². The van der Waals surface area contributed by atoms with Crippen LogP contribution in [0.4, 0.5) is 13.2 Å². The number of aromatic nitrogens is 2. The molecule has 7 heteroatoms. The Morgan fingerprint density at radius 3 is 2.38 bits per heavy atom. The van der Waals surface area contributed by atoms with Crippen molar-refractivity contribution < 1.29 is 13.2 Å². The van der Waals surface area contributed by atoms with Crippen molar-refractivity contribution in [3.63, 3.8) is 0 Å². The summed E-state index contributed by atoms with van der Waals surface area (Å²) < 4.78 is 37.7. The lowest BCUT2D eigenvalue weighted by atomic mass is 10.4. The predicted octanol–water partition coefficient (Wildman–Crippen LogP) is 3.36. The van der Waals surface area contributed by atoms with Gasteiger partial charge in [-0.25, -0.2) is 0 Å². The Morgan fingerprint density at radius 2 is 2.00 bits per heavy atom. The fourth-order valence-corrected chi connectivity index (χ4v) is 1.94. The number of hydrogen-bond acceptors (Lipinski definition) is 1. The molecular formula is C6H5Br2F3N2. The smallest absolute Gasteiger partial charge is 0.257 e. The van der Waals surface area contributed by atoms with Crippen LogP contribution < -0.4 is 0 Å². The molecule has 0 aliphatic heterocycles. The van der Waals surface area contributed by atoms with Crippen molar-refractivity contribution in [1.29, 1.82) is 0 Å². The number of aryl methyl sites for hydroxylation is 1. The van der Waals surface area contributed by atoms with Gasteiger partial charge in [-0.2, -0.15) is 18.3 Å². The predicted molar refractivity (Wildman–Crippen MR) is 48.3 cm³/mol. The van der Waals surface area contributed by atoms with Gasteiger partial charge in [0.05, 0.1) is 13.0 Å². The first-order valence-corrected chi connectivity index (χ1v) is 4.93. The van der Waals surface area contributed by atoms with Crippen LogP contribution in [0.15, 0.2) is 15.3 Å². The number of hydrogen-bond donors (Lipinski definition) is 0. The van der Waals surface area contributed by atoms with Gasteiger partial charge >= 0.3 is 6.18 Å². The first kappa shape index (κ1) is 11.0. The zero-order valence-electron chi connectivity index (χ0n) is 6.28. The summed E-state index contributed by atoms with van der Waals surface area (Å²) in [6, 6.07) is 1.59. The van der Waals surface area contributed by atoms with E-state index in [0.29, 0.717) is 9.21 Å². The molecule has 0 saturated heterocycles. The second kappa shape index (κ2) is 4.00. The van der Waals surface area contributed by atoms with Crippen molar-refractivity contribution in [2.45, 2.75) is 19.1 Å². The zero-order valence-corrected chi connectivity index (χ0v) is 9.45. The number of alkyl halides is 3. The van der Waals surface area contributed by atoms with E-state index >= 15 is 0 Å². The Balaban J connectivity index is 2.59. The summed E-state index contributed by atoms with van der Waals surface area (Å²) in [5.74, 6) is 0. The van der Waals surface area contributed by atoms with Gasteiger partial charge in [0, 0.05) is 6.07 Å². The van der Waals surface area contributed by atoms with Gasteiger partial charge < -0.3 is 0 Å². The molecule has 1 rings (SSSR count). The van der Waals surface area contributed by atoms with Crippen LogP contribution in [0.1, 0.15) is 6.42 Å². The largest absolute Gasteiger partial charge is 0.390 e. The van der Waals surface area contributed by atoms with E-state index in [1.54, 1.807) is 6.07 Å². The third-order valence-corrected chi connectivity index (χ3v) is 2.33. The SMILES string of the molecule is FC(F)(F)CCn1nc(Br)cc1Br. The highest BCUT2D eigenvalue weighted by Gasteiger charge is 2.27. The molecule has 1 heterocycles. The highest BCUT2D eigenvalue weighted by Crippen LogP contribution is 2.22. The highest BCUT2D eigenvalue weighted by atomic mass is 79.9. The summed E-state index contributed by atoms with van der Waals surface area (Å²) in [4.78, 5) is 0. The molecule has 0 aromatic carbocycles. The first-order valence-electron chi connectivity index (χ1n) is 3.34.